The van der Waals surface area contributed by atoms with E-state index in [0.29, 0.717) is 53.2 Å². The predicted molar refractivity (Wildman–Crippen MR) is 143 cm³/mol. The van der Waals surface area contributed by atoms with E-state index in [0.717, 1.165) is 11.1 Å². The Kier molecular flexibility index (Phi) is 9.56. The molecule has 0 bridgehead atoms. The van der Waals surface area contributed by atoms with Gasteiger partial charge in [-0.3, -0.25) is 4.79 Å². The lowest BCUT2D eigenvalue weighted by Gasteiger charge is -2.16. The number of methoxy groups -OCH3 is 1. The number of hydrogen-bond donors (Lipinski definition) is 1. The lowest BCUT2D eigenvalue weighted by atomic mass is 10.0. The van der Waals surface area contributed by atoms with Crippen LogP contribution in [0.25, 0.3) is 6.08 Å². The topological polar surface area (TPSA) is 80.6 Å². The van der Waals surface area contributed by atoms with Crippen molar-refractivity contribution in [2.24, 2.45) is 0 Å². The lowest BCUT2D eigenvalue weighted by molar-refractivity contribution is -0.112. The summed E-state index contributed by atoms with van der Waals surface area (Å²) in [6.07, 6.45) is 3.77. The van der Waals surface area contributed by atoms with Crippen LogP contribution in [-0.2, 0) is 17.8 Å². The van der Waals surface area contributed by atoms with Gasteiger partial charge in [-0.1, -0.05) is 29.8 Å². The van der Waals surface area contributed by atoms with Gasteiger partial charge in [0.25, 0.3) is 5.91 Å². The molecule has 0 aromatic heterocycles. The van der Waals surface area contributed by atoms with Crippen molar-refractivity contribution >= 4 is 29.3 Å². The Morgan fingerprint density at radius 3 is 2.56 bits per heavy atom. The highest BCUT2D eigenvalue weighted by molar-refractivity contribution is 6.30. The lowest BCUT2D eigenvalue weighted by Crippen LogP contribution is -2.13. The molecule has 0 spiro atoms. The molecule has 0 aliphatic carbocycles. The van der Waals surface area contributed by atoms with Crippen LogP contribution in [0.3, 0.4) is 0 Å². The molecule has 6 nitrogen and oxygen atoms in total. The minimum atomic E-state index is -0.521. The summed E-state index contributed by atoms with van der Waals surface area (Å²) in [6, 6.07) is 19.9. The van der Waals surface area contributed by atoms with Gasteiger partial charge in [-0.05, 0) is 79.1 Å². The van der Waals surface area contributed by atoms with Gasteiger partial charge < -0.3 is 19.5 Å². The van der Waals surface area contributed by atoms with E-state index < -0.39 is 5.91 Å². The van der Waals surface area contributed by atoms with Crippen LogP contribution in [0.15, 0.2) is 78.9 Å². The van der Waals surface area contributed by atoms with Gasteiger partial charge in [-0.15, -0.1) is 6.58 Å². The third-order valence-electron chi connectivity index (χ3n) is 5.11. The number of anilines is 1. The predicted octanol–water partition coefficient (Wildman–Crippen LogP) is 6.60. The van der Waals surface area contributed by atoms with Gasteiger partial charge in [0.05, 0.1) is 13.7 Å². The second kappa shape index (κ2) is 13.0. The number of ether oxygens (including phenoxy) is 3. The first-order valence-electron chi connectivity index (χ1n) is 11.3. The zero-order chi connectivity index (χ0) is 25.9. The molecule has 0 atom stereocenters. The number of benzene rings is 3. The van der Waals surface area contributed by atoms with Crippen molar-refractivity contribution in [3.63, 3.8) is 0 Å². The maximum atomic E-state index is 12.8. The first kappa shape index (κ1) is 26.4. The van der Waals surface area contributed by atoms with Crippen LogP contribution in [0.2, 0.25) is 5.02 Å². The molecular formula is C29H27ClN2O4. The number of carbonyl (C=O) groups excluding carboxylic acids is 1. The molecule has 1 amide bonds. The molecule has 0 radical (unpaired) electrons. The number of nitrogens with one attached hydrogen (secondary N) is 1. The fourth-order valence-electron chi connectivity index (χ4n) is 3.49. The molecule has 0 heterocycles. The van der Waals surface area contributed by atoms with Crippen molar-refractivity contribution < 1.29 is 19.0 Å². The Morgan fingerprint density at radius 2 is 1.92 bits per heavy atom. The molecule has 0 unspecified atom stereocenters. The van der Waals surface area contributed by atoms with E-state index >= 15 is 0 Å². The van der Waals surface area contributed by atoms with E-state index in [2.05, 4.69) is 11.9 Å². The Bertz CT molecular complexity index is 1290. The smallest absolute Gasteiger partial charge is 0.266 e. The van der Waals surface area contributed by atoms with Crippen LogP contribution in [0, 0.1) is 11.3 Å². The number of amides is 1. The Balaban J connectivity index is 1.85. The van der Waals surface area contributed by atoms with Crippen molar-refractivity contribution in [2.45, 2.75) is 20.0 Å². The van der Waals surface area contributed by atoms with E-state index in [4.69, 9.17) is 25.8 Å². The summed E-state index contributed by atoms with van der Waals surface area (Å²) >= 11 is 6.08. The molecule has 0 saturated heterocycles. The molecule has 7 heteroatoms. The molecule has 3 aromatic rings. The number of rotatable bonds is 11. The van der Waals surface area contributed by atoms with E-state index in [1.165, 1.54) is 13.2 Å². The molecule has 0 aliphatic rings. The molecule has 3 rings (SSSR count). The Hall–Kier alpha value is -4.21. The summed E-state index contributed by atoms with van der Waals surface area (Å²) in [5.74, 6) is 1.22. The zero-order valence-electron chi connectivity index (χ0n) is 20.2. The molecule has 1 N–H and O–H groups in total. The SMILES string of the molecule is C=CCc1cc(/C=C(\C#N)C(=O)Nc2ccc(OCC)cc2)cc(OC)c1OCc1cccc(Cl)c1. The fourth-order valence-corrected chi connectivity index (χ4v) is 3.70. The van der Waals surface area contributed by atoms with Gasteiger partial charge in [0.1, 0.15) is 24.0 Å². The fraction of sp³-hybridized carbons (Fsp3) is 0.172. The summed E-state index contributed by atoms with van der Waals surface area (Å²) < 4.78 is 17.1. The Labute approximate surface area is 216 Å². The van der Waals surface area contributed by atoms with Crippen molar-refractivity contribution in [1.29, 1.82) is 5.26 Å². The molecular weight excluding hydrogens is 476 g/mol. The van der Waals surface area contributed by atoms with E-state index in [1.807, 2.05) is 37.3 Å². The zero-order valence-corrected chi connectivity index (χ0v) is 21.0. The van der Waals surface area contributed by atoms with Gasteiger partial charge in [0.15, 0.2) is 11.5 Å². The summed E-state index contributed by atoms with van der Waals surface area (Å²) in [7, 11) is 1.54. The van der Waals surface area contributed by atoms with Gasteiger partial charge in [0.2, 0.25) is 0 Å². The summed E-state index contributed by atoms with van der Waals surface area (Å²) in [5, 5.41) is 13.0. The largest absolute Gasteiger partial charge is 0.494 e. The van der Waals surface area contributed by atoms with Gasteiger partial charge in [-0.25, -0.2) is 0 Å². The van der Waals surface area contributed by atoms with E-state index in [-0.39, 0.29) is 5.57 Å². The van der Waals surface area contributed by atoms with Crippen LogP contribution in [0.4, 0.5) is 5.69 Å². The third-order valence-corrected chi connectivity index (χ3v) is 5.34. The number of allylic oxidation sites excluding steroid dienone is 1. The first-order valence-corrected chi connectivity index (χ1v) is 11.7. The van der Waals surface area contributed by atoms with Gasteiger partial charge in [-0.2, -0.15) is 5.26 Å². The van der Waals surface area contributed by atoms with Crippen molar-refractivity contribution in [3.05, 3.63) is 101 Å². The summed E-state index contributed by atoms with van der Waals surface area (Å²) in [4.78, 5) is 12.8. The van der Waals surface area contributed by atoms with E-state index in [9.17, 15) is 10.1 Å². The second-order valence-corrected chi connectivity index (χ2v) is 8.14. The van der Waals surface area contributed by atoms with Crippen LogP contribution < -0.4 is 19.5 Å². The van der Waals surface area contributed by atoms with Crippen molar-refractivity contribution in [3.8, 4) is 23.3 Å². The Morgan fingerprint density at radius 1 is 1.14 bits per heavy atom. The van der Waals surface area contributed by atoms with Crippen LogP contribution >= 0.6 is 11.6 Å². The normalized spacial score (nSPS) is 10.8. The molecule has 184 valence electrons. The highest BCUT2D eigenvalue weighted by atomic mass is 35.5. The summed E-state index contributed by atoms with van der Waals surface area (Å²) in [5.41, 5.74) is 2.84. The second-order valence-electron chi connectivity index (χ2n) is 7.70. The third kappa shape index (κ3) is 7.14. The van der Waals surface area contributed by atoms with Crippen LogP contribution in [-0.4, -0.2) is 19.6 Å². The number of nitrogens with zero attached hydrogens (tertiary/aromatic N) is 1. The quantitative estimate of drug-likeness (QED) is 0.181. The number of carbonyl (C=O) groups is 1. The van der Waals surface area contributed by atoms with Crippen LogP contribution in [0.1, 0.15) is 23.6 Å². The van der Waals surface area contributed by atoms with Gasteiger partial charge in [0, 0.05) is 16.3 Å². The molecule has 3 aromatic carbocycles. The molecule has 0 aliphatic heterocycles. The molecule has 36 heavy (non-hydrogen) atoms. The first-order chi connectivity index (χ1) is 17.5. The highest BCUT2D eigenvalue weighted by Crippen LogP contribution is 2.35. The van der Waals surface area contributed by atoms with Gasteiger partial charge >= 0.3 is 0 Å². The average molecular weight is 503 g/mol. The number of halogens is 1. The minimum Gasteiger partial charge on any atom is -0.494 e. The minimum absolute atomic E-state index is 0.0527. The van der Waals surface area contributed by atoms with Crippen LogP contribution in [0.5, 0.6) is 17.2 Å². The maximum Gasteiger partial charge on any atom is 0.266 e. The average Bonchev–Trinajstić information content (AvgIpc) is 2.87. The summed E-state index contributed by atoms with van der Waals surface area (Å²) in [6.45, 7) is 6.57. The molecule has 0 fully saturated rings. The van der Waals surface area contributed by atoms with Crippen molar-refractivity contribution in [2.75, 3.05) is 19.0 Å². The number of hydrogen-bond acceptors (Lipinski definition) is 5. The van der Waals surface area contributed by atoms with E-state index in [1.54, 1.807) is 42.5 Å². The maximum absolute atomic E-state index is 12.8. The number of nitriles is 1. The monoisotopic (exact) mass is 502 g/mol. The highest BCUT2D eigenvalue weighted by Gasteiger charge is 2.15. The standard InChI is InChI=1S/C29H27ClN2O4/c1-4-7-22-14-21(17-27(34-3)28(22)36-19-20-8-6-9-24(30)16-20)15-23(18-31)29(33)32-25-10-12-26(13-11-25)35-5-2/h4,6,8-17H,1,5,7,19H2,2-3H3,(H,32,33)/b23-15+. The van der Waals surface area contributed by atoms with Crippen molar-refractivity contribution in [1.82, 2.24) is 0 Å². The molecule has 0 saturated carbocycles.